The van der Waals surface area contributed by atoms with Crippen LogP contribution in [-0.2, 0) is 0 Å². The number of aromatic nitrogens is 2. The van der Waals surface area contributed by atoms with Crippen LogP contribution in [0.2, 0.25) is 0 Å². The number of piperazine rings is 1. The molecule has 0 amide bonds. The summed E-state index contributed by atoms with van der Waals surface area (Å²) in [4.78, 5) is 0. The van der Waals surface area contributed by atoms with E-state index in [-0.39, 0.29) is 0 Å². The van der Waals surface area contributed by atoms with Gasteiger partial charge in [0.15, 0.2) is 0 Å². The Kier molecular flexibility index (Phi) is 5.42. The molecule has 0 atom stereocenters. The van der Waals surface area contributed by atoms with E-state index >= 15 is 0 Å². The SMILES string of the molecule is C1CNCCN1.COc1ccc(N)nn1. The average molecular weight is 211 g/mol. The number of nitrogens with zero attached hydrogens (tertiary/aromatic N) is 2. The van der Waals surface area contributed by atoms with Crippen molar-refractivity contribution in [3.8, 4) is 5.88 Å². The quantitative estimate of drug-likeness (QED) is 0.566. The maximum Gasteiger partial charge on any atom is 0.233 e. The molecule has 1 aliphatic heterocycles. The Balaban J connectivity index is 0.000000162. The number of nitrogens with two attached hydrogens (primary N) is 1. The highest BCUT2D eigenvalue weighted by molar-refractivity contribution is 5.27. The molecule has 4 N–H and O–H groups in total. The third-order valence-electron chi connectivity index (χ3n) is 1.83. The molecule has 2 heterocycles. The molecule has 1 saturated heterocycles. The molecule has 2 rings (SSSR count). The van der Waals surface area contributed by atoms with Gasteiger partial charge in [-0.15, -0.1) is 10.2 Å². The largest absolute Gasteiger partial charge is 0.480 e. The molecule has 0 unspecified atom stereocenters. The van der Waals surface area contributed by atoms with Crippen LogP contribution in [0.1, 0.15) is 0 Å². The summed E-state index contributed by atoms with van der Waals surface area (Å²) < 4.78 is 4.74. The first-order chi connectivity index (χ1) is 7.33. The van der Waals surface area contributed by atoms with Gasteiger partial charge in [-0.1, -0.05) is 0 Å². The van der Waals surface area contributed by atoms with E-state index in [0.717, 1.165) is 26.2 Å². The van der Waals surface area contributed by atoms with Gasteiger partial charge in [-0.3, -0.25) is 0 Å². The van der Waals surface area contributed by atoms with Gasteiger partial charge in [-0.25, -0.2) is 0 Å². The van der Waals surface area contributed by atoms with Crippen LogP contribution in [0.5, 0.6) is 5.88 Å². The monoisotopic (exact) mass is 211 g/mol. The number of methoxy groups -OCH3 is 1. The highest BCUT2D eigenvalue weighted by atomic mass is 16.5. The lowest BCUT2D eigenvalue weighted by molar-refractivity contribution is 0.392. The van der Waals surface area contributed by atoms with Gasteiger partial charge < -0.3 is 21.1 Å². The fourth-order valence-electron chi connectivity index (χ4n) is 1.04. The zero-order valence-corrected chi connectivity index (χ0v) is 8.86. The fourth-order valence-corrected chi connectivity index (χ4v) is 1.04. The van der Waals surface area contributed by atoms with Crippen molar-refractivity contribution in [1.82, 2.24) is 20.8 Å². The molecule has 1 aromatic heterocycles. The Morgan fingerprint density at radius 2 is 1.73 bits per heavy atom. The average Bonchev–Trinajstić information content (AvgIpc) is 2.33. The summed E-state index contributed by atoms with van der Waals surface area (Å²) in [6.07, 6.45) is 0. The van der Waals surface area contributed by atoms with Crippen LogP contribution in [0.3, 0.4) is 0 Å². The summed E-state index contributed by atoms with van der Waals surface area (Å²) in [5, 5.41) is 13.6. The van der Waals surface area contributed by atoms with Crippen molar-refractivity contribution in [2.24, 2.45) is 0 Å². The molecule has 6 nitrogen and oxygen atoms in total. The molecule has 1 aromatic rings. The summed E-state index contributed by atoms with van der Waals surface area (Å²) >= 11 is 0. The molecule has 0 bridgehead atoms. The van der Waals surface area contributed by atoms with Crippen LogP contribution in [0.25, 0.3) is 0 Å². The van der Waals surface area contributed by atoms with Crippen molar-refractivity contribution < 1.29 is 4.74 Å². The number of rotatable bonds is 1. The summed E-state index contributed by atoms with van der Waals surface area (Å²) in [7, 11) is 1.53. The Morgan fingerprint density at radius 1 is 1.13 bits per heavy atom. The fraction of sp³-hybridized carbons (Fsp3) is 0.556. The zero-order valence-electron chi connectivity index (χ0n) is 8.86. The van der Waals surface area contributed by atoms with Gasteiger partial charge in [0.25, 0.3) is 0 Å². The van der Waals surface area contributed by atoms with Crippen molar-refractivity contribution in [1.29, 1.82) is 0 Å². The number of hydrogen-bond donors (Lipinski definition) is 3. The Hall–Kier alpha value is -1.40. The Morgan fingerprint density at radius 3 is 2.07 bits per heavy atom. The molecule has 1 fully saturated rings. The standard InChI is InChI=1S/C5H7N3O.C4H10N2/c1-9-5-3-2-4(6)7-8-5;1-2-6-4-3-5-1/h2-3H,1H3,(H2,6,7);5-6H,1-4H2. The number of nitrogens with one attached hydrogen (secondary N) is 2. The van der Waals surface area contributed by atoms with E-state index in [0.29, 0.717) is 11.7 Å². The maximum absolute atomic E-state index is 5.25. The number of hydrogen-bond acceptors (Lipinski definition) is 6. The van der Waals surface area contributed by atoms with Crippen molar-refractivity contribution >= 4 is 5.82 Å². The minimum Gasteiger partial charge on any atom is -0.480 e. The summed E-state index contributed by atoms with van der Waals surface area (Å²) in [6.45, 7) is 4.56. The lowest BCUT2D eigenvalue weighted by Gasteiger charge is -2.11. The first-order valence-corrected chi connectivity index (χ1v) is 4.87. The van der Waals surface area contributed by atoms with Gasteiger partial charge in [0.2, 0.25) is 5.88 Å². The van der Waals surface area contributed by atoms with Crippen LogP contribution >= 0.6 is 0 Å². The van der Waals surface area contributed by atoms with Gasteiger partial charge in [0, 0.05) is 32.2 Å². The minimum atomic E-state index is 0.399. The lowest BCUT2D eigenvalue weighted by Crippen LogP contribution is -2.39. The normalized spacial score (nSPS) is 15.0. The predicted molar refractivity (Wildman–Crippen MR) is 58.7 cm³/mol. The van der Waals surface area contributed by atoms with E-state index in [9.17, 15) is 0 Å². The molecule has 6 heteroatoms. The minimum absolute atomic E-state index is 0.399. The van der Waals surface area contributed by atoms with Gasteiger partial charge in [0.1, 0.15) is 5.82 Å². The van der Waals surface area contributed by atoms with Crippen LogP contribution in [0, 0.1) is 0 Å². The number of nitrogen functional groups attached to an aromatic ring is 1. The Labute approximate surface area is 89.2 Å². The van der Waals surface area contributed by atoms with E-state index in [2.05, 4.69) is 20.8 Å². The first kappa shape index (κ1) is 11.7. The summed E-state index contributed by atoms with van der Waals surface area (Å²) in [5.74, 6) is 0.875. The molecule has 0 aromatic carbocycles. The van der Waals surface area contributed by atoms with Gasteiger partial charge in [0.05, 0.1) is 7.11 Å². The molecule has 1 aliphatic rings. The van der Waals surface area contributed by atoms with E-state index in [4.69, 9.17) is 10.5 Å². The zero-order chi connectivity index (χ0) is 10.9. The summed E-state index contributed by atoms with van der Waals surface area (Å²) in [5.41, 5.74) is 5.25. The molecule has 0 aliphatic carbocycles. The van der Waals surface area contributed by atoms with Gasteiger partial charge in [-0.05, 0) is 6.07 Å². The topological polar surface area (TPSA) is 85.1 Å². The van der Waals surface area contributed by atoms with Gasteiger partial charge in [-0.2, -0.15) is 0 Å². The van der Waals surface area contributed by atoms with E-state index in [1.54, 1.807) is 12.1 Å². The van der Waals surface area contributed by atoms with Crippen molar-refractivity contribution in [3.63, 3.8) is 0 Å². The predicted octanol–water partition coefficient (Wildman–Crippen LogP) is -0.753. The molecule has 15 heavy (non-hydrogen) atoms. The third-order valence-corrected chi connectivity index (χ3v) is 1.83. The van der Waals surface area contributed by atoms with Crippen LogP contribution in [-0.4, -0.2) is 43.5 Å². The van der Waals surface area contributed by atoms with Gasteiger partial charge >= 0.3 is 0 Å². The smallest absolute Gasteiger partial charge is 0.233 e. The molecule has 0 saturated carbocycles. The van der Waals surface area contributed by atoms with Crippen LogP contribution in [0.4, 0.5) is 5.82 Å². The second kappa shape index (κ2) is 6.97. The van der Waals surface area contributed by atoms with E-state index < -0.39 is 0 Å². The third kappa shape index (κ3) is 5.14. The molecular formula is C9H17N5O. The number of ether oxygens (including phenoxy) is 1. The van der Waals surface area contributed by atoms with Crippen molar-refractivity contribution in [2.75, 3.05) is 39.0 Å². The Bertz CT molecular complexity index is 248. The maximum atomic E-state index is 5.25. The second-order valence-corrected chi connectivity index (χ2v) is 3.00. The van der Waals surface area contributed by atoms with E-state index in [1.807, 2.05) is 0 Å². The number of anilines is 1. The first-order valence-electron chi connectivity index (χ1n) is 4.87. The second-order valence-electron chi connectivity index (χ2n) is 3.00. The highest BCUT2D eigenvalue weighted by Gasteiger charge is 1.91. The lowest BCUT2D eigenvalue weighted by atomic mass is 10.4. The summed E-state index contributed by atoms with van der Waals surface area (Å²) in [6, 6.07) is 3.29. The van der Waals surface area contributed by atoms with Crippen molar-refractivity contribution in [2.45, 2.75) is 0 Å². The van der Waals surface area contributed by atoms with Crippen molar-refractivity contribution in [3.05, 3.63) is 12.1 Å². The molecule has 0 spiro atoms. The van der Waals surface area contributed by atoms with Crippen LogP contribution < -0.4 is 21.1 Å². The molecule has 0 radical (unpaired) electrons. The molecular weight excluding hydrogens is 194 g/mol. The van der Waals surface area contributed by atoms with Crippen LogP contribution in [0.15, 0.2) is 12.1 Å². The molecule has 84 valence electrons. The van der Waals surface area contributed by atoms with E-state index in [1.165, 1.54) is 7.11 Å². The highest BCUT2D eigenvalue weighted by Crippen LogP contribution is 2.02.